The quantitative estimate of drug-likeness (QED) is 0.836. The molecule has 0 amide bonds. The van der Waals surface area contributed by atoms with Crippen molar-refractivity contribution in [1.82, 2.24) is 4.90 Å². The Kier molecular flexibility index (Phi) is 3.76. The van der Waals surface area contributed by atoms with E-state index in [1.54, 1.807) is 0 Å². The van der Waals surface area contributed by atoms with Gasteiger partial charge in [-0.3, -0.25) is 4.90 Å². The van der Waals surface area contributed by atoms with Crippen molar-refractivity contribution >= 4 is 0 Å². The number of aliphatic hydroxyl groups excluding tert-OH is 2. The van der Waals surface area contributed by atoms with Gasteiger partial charge >= 0.3 is 0 Å². The normalized spacial score (nSPS) is 32.4. The zero-order valence-corrected chi connectivity index (χ0v) is 14.1. The SMILES string of the molecule is CC(C)CC12CN3CCc4cc(CO)c(CO)cc4[C@H]3C[C@H]1O2. The maximum absolute atomic E-state index is 9.60. The summed E-state index contributed by atoms with van der Waals surface area (Å²) in [4.78, 5) is 2.58. The predicted molar refractivity (Wildman–Crippen MR) is 88.0 cm³/mol. The van der Waals surface area contributed by atoms with E-state index in [4.69, 9.17) is 4.74 Å². The fourth-order valence-corrected chi connectivity index (χ4v) is 4.80. The van der Waals surface area contributed by atoms with Crippen molar-refractivity contribution in [3.8, 4) is 0 Å². The smallest absolute Gasteiger partial charge is 0.108 e. The van der Waals surface area contributed by atoms with E-state index in [1.165, 1.54) is 11.1 Å². The summed E-state index contributed by atoms with van der Waals surface area (Å²) in [7, 11) is 0. The summed E-state index contributed by atoms with van der Waals surface area (Å²) in [6.45, 7) is 6.64. The van der Waals surface area contributed by atoms with E-state index < -0.39 is 0 Å². The molecule has 3 aliphatic heterocycles. The molecular formula is C19H27NO3. The molecule has 0 aromatic heterocycles. The van der Waals surface area contributed by atoms with Crippen molar-refractivity contribution in [2.45, 2.75) is 64.1 Å². The second-order valence-electron chi connectivity index (χ2n) is 7.88. The number of piperidine rings is 1. The first-order valence-corrected chi connectivity index (χ1v) is 8.84. The van der Waals surface area contributed by atoms with Gasteiger partial charge in [-0.05, 0) is 47.4 Å². The van der Waals surface area contributed by atoms with Crippen molar-refractivity contribution < 1.29 is 14.9 Å². The Bertz CT molecular complexity index is 615. The highest BCUT2D eigenvalue weighted by Gasteiger charge is 2.61. The van der Waals surface area contributed by atoms with Gasteiger partial charge in [0.1, 0.15) is 5.60 Å². The second-order valence-corrected chi connectivity index (χ2v) is 7.88. The van der Waals surface area contributed by atoms with Crippen LogP contribution in [-0.4, -0.2) is 39.9 Å². The molecule has 0 radical (unpaired) electrons. The third kappa shape index (κ3) is 2.52. The maximum Gasteiger partial charge on any atom is 0.108 e. The average molecular weight is 317 g/mol. The molecule has 1 aromatic carbocycles. The Hall–Kier alpha value is -0.940. The number of hydrogen-bond acceptors (Lipinski definition) is 4. The van der Waals surface area contributed by atoms with Crippen LogP contribution in [0.4, 0.5) is 0 Å². The molecule has 2 saturated heterocycles. The number of aliphatic hydroxyl groups is 2. The summed E-state index contributed by atoms with van der Waals surface area (Å²) >= 11 is 0. The summed E-state index contributed by atoms with van der Waals surface area (Å²) in [6.07, 6.45) is 3.63. The lowest BCUT2D eigenvalue weighted by Gasteiger charge is -2.42. The van der Waals surface area contributed by atoms with E-state index in [-0.39, 0.29) is 18.8 Å². The van der Waals surface area contributed by atoms with Gasteiger partial charge in [-0.1, -0.05) is 26.0 Å². The van der Waals surface area contributed by atoms with Gasteiger partial charge < -0.3 is 14.9 Å². The molecular weight excluding hydrogens is 290 g/mol. The number of ether oxygens (including phenoxy) is 1. The van der Waals surface area contributed by atoms with Gasteiger partial charge in [0.25, 0.3) is 0 Å². The van der Waals surface area contributed by atoms with Crippen molar-refractivity contribution in [1.29, 1.82) is 0 Å². The van der Waals surface area contributed by atoms with E-state index in [9.17, 15) is 10.2 Å². The summed E-state index contributed by atoms with van der Waals surface area (Å²) in [5.74, 6) is 0.668. The van der Waals surface area contributed by atoms with Gasteiger partial charge in [0.05, 0.1) is 19.3 Å². The van der Waals surface area contributed by atoms with Gasteiger partial charge in [-0.15, -0.1) is 0 Å². The first-order chi connectivity index (χ1) is 11.1. The van der Waals surface area contributed by atoms with Crippen molar-refractivity contribution in [3.63, 3.8) is 0 Å². The molecule has 0 aliphatic carbocycles. The molecule has 126 valence electrons. The van der Waals surface area contributed by atoms with Crippen molar-refractivity contribution in [3.05, 3.63) is 34.4 Å². The average Bonchev–Trinajstić information content (AvgIpc) is 3.22. The summed E-state index contributed by atoms with van der Waals surface area (Å²) in [5.41, 5.74) is 4.51. The molecule has 23 heavy (non-hydrogen) atoms. The van der Waals surface area contributed by atoms with Gasteiger partial charge in [-0.2, -0.15) is 0 Å². The zero-order chi connectivity index (χ0) is 16.2. The third-order valence-electron chi connectivity index (χ3n) is 5.84. The molecule has 0 saturated carbocycles. The molecule has 3 aliphatic rings. The van der Waals surface area contributed by atoms with Crippen LogP contribution >= 0.6 is 0 Å². The van der Waals surface area contributed by atoms with E-state index in [0.29, 0.717) is 18.1 Å². The molecule has 3 heterocycles. The molecule has 0 bridgehead atoms. The van der Waals surface area contributed by atoms with Gasteiger partial charge in [0.2, 0.25) is 0 Å². The number of benzene rings is 1. The lowest BCUT2D eigenvalue weighted by molar-refractivity contribution is 0.112. The standard InChI is InChI=1S/C19H27NO3/c1-12(2)8-19-11-20-4-3-13-5-14(9-21)15(10-22)6-16(13)17(20)7-18(19)23-19/h5-6,12,17-18,21-22H,3-4,7-11H2,1-2H3/t17-,18-,19?/m1/s1. The van der Waals surface area contributed by atoms with Crippen LogP contribution in [0.25, 0.3) is 0 Å². The number of epoxide rings is 1. The highest BCUT2D eigenvalue weighted by Crippen LogP contribution is 2.53. The molecule has 3 atom stereocenters. The minimum Gasteiger partial charge on any atom is -0.392 e. The first kappa shape index (κ1) is 15.6. The second kappa shape index (κ2) is 5.55. The predicted octanol–water partition coefficient (Wildman–Crippen LogP) is 2.16. The number of hydrogen-bond donors (Lipinski definition) is 2. The Labute approximate surface area is 138 Å². The molecule has 1 unspecified atom stereocenters. The number of fused-ring (bicyclic) bond motifs is 4. The van der Waals surface area contributed by atoms with Crippen LogP contribution in [0.1, 0.15) is 55.0 Å². The van der Waals surface area contributed by atoms with Gasteiger partial charge in [0.15, 0.2) is 0 Å². The summed E-state index contributed by atoms with van der Waals surface area (Å²) in [6, 6.07) is 4.63. The summed E-state index contributed by atoms with van der Waals surface area (Å²) in [5, 5.41) is 19.1. The van der Waals surface area contributed by atoms with E-state index in [0.717, 1.165) is 43.5 Å². The van der Waals surface area contributed by atoms with Gasteiger partial charge in [0, 0.05) is 19.1 Å². The van der Waals surface area contributed by atoms with Crippen LogP contribution in [0.3, 0.4) is 0 Å². The van der Waals surface area contributed by atoms with Crippen molar-refractivity contribution in [2.75, 3.05) is 13.1 Å². The Morgan fingerprint density at radius 2 is 2.00 bits per heavy atom. The molecule has 4 nitrogen and oxygen atoms in total. The minimum atomic E-state index is -0.00684. The topological polar surface area (TPSA) is 56.2 Å². The van der Waals surface area contributed by atoms with Gasteiger partial charge in [-0.25, -0.2) is 0 Å². The highest BCUT2D eigenvalue weighted by molar-refractivity contribution is 5.42. The lowest BCUT2D eigenvalue weighted by atomic mass is 9.80. The maximum atomic E-state index is 9.60. The van der Waals surface area contributed by atoms with E-state index in [1.807, 2.05) is 0 Å². The van der Waals surface area contributed by atoms with Crippen LogP contribution in [0, 0.1) is 5.92 Å². The highest BCUT2D eigenvalue weighted by atomic mass is 16.6. The molecule has 2 N–H and O–H groups in total. The van der Waals surface area contributed by atoms with Crippen LogP contribution in [0.2, 0.25) is 0 Å². The minimum absolute atomic E-state index is 0.000784. The Morgan fingerprint density at radius 1 is 1.26 bits per heavy atom. The first-order valence-electron chi connectivity index (χ1n) is 8.84. The fraction of sp³-hybridized carbons (Fsp3) is 0.684. The Morgan fingerprint density at radius 3 is 2.70 bits per heavy atom. The molecule has 1 aromatic rings. The largest absolute Gasteiger partial charge is 0.392 e. The van der Waals surface area contributed by atoms with Crippen molar-refractivity contribution in [2.24, 2.45) is 5.92 Å². The Balaban J connectivity index is 1.62. The molecule has 4 heteroatoms. The van der Waals surface area contributed by atoms with Crippen LogP contribution < -0.4 is 0 Å². The lowest BCUT2D eigenvalue weighted by Crippen LogP contribution is -2.47. The van der Waals surface area contributed by atoms with Crippen LogP contribution in [0.15, 0.2) is 12.1 Å². The third-order valence-corrected chi connectivity index (χ3v) is 5.84. The summed E-state index contributed by atoms with van der Waals surface area (Å²) < 4.78 is 6.15. The van der Waals surface area contributed by atoms with Crippen LogP contribution in [0.5, 0.6) is 0 Å². The monoisotopic (exact) mass is 317 g/mol. The zero-order valence-electron chi connectivity index (χ0n) is 14.1. The molecule has 0 spiro atoms. The number of nitrogens with zero attached hydrogens (tertiary/aromatic N) is 1. The molecule has 4 rings (SSSR count). The fourth-order valence-electron chi connectivity index (χ4n) is 4.80. The number of rotatable bonds is 4. The van der Waals surface area contributed by atoms with Crippen LogP contribution in [-0.2, 0) is 24.4 Å². The van der Waals surface area contributed by atoms with E-state index in [2.05, 4.69) is 30.9 Å². The molecule has 2 fully saturated rings. The van der Waals surface area contributed by atoms with E-state index >= 15 is 0 Å².